The molecule has 0 spiro atoms. The van der Waals surface area contributed by atoms with Gasteiger partial charge in [-0.2, -0.15) is 0 Å². The van der Waals surface area contributed by atoms with Gasteiger partial charge in [0.1, 0.15) is 0 Å². The van der Waals surface area contributed by atoms with Gasteiger partial charge < -0.3 is 10.2 Å². The monoisotopic (exact) mass is 379 g/mol. The summed E-state index contributed by atoms with van der Waals surface area (Å²) in [6, 6.07) is 5.38. The number of piperidine rings is 1. The van der Waals surface area contributed by atoms with Gasteiger partial charge in [-0.15, -0.1) is 0 Å². The lowest BCUT2D eigenvalue weighted by Gasteiger charge is -2.32. The zero-order valence-electron chi connectivity index (χ0n) is 15.7. The smallest absolute Gasteiger partial charge is 0.254 e. The van der Waals surface area contributed by atoms with Crippen LogP contribution in [0, 0.1) is 12.8 Å². The van der Waals surface area contributed by atoms with Crippen molar-refractivity contribution in [3.63, 3.8) is 0 Å². The number of hydrogen-bond acceptors (Lipinski definition) is 4. The zero-order valence-corrected chi connectivity index (χ0v) is 16.5. The van der Waals surface area contributed by atoms with Crippen LogP contribution in [0.5, 0.6) is 0 Å². The first kappa shape index (κ1) is 19.2. The quantitative estimate of drug-likeness (QED) is 0.850. The third-order valence-corrected chi connectivity index (χ3v) is 7.28. The van der Waals surface area contributed by atoms with Crippen LogP contribution >= 0.6 is 0 Å². The van der Waals surface area contributed by atoms with E-state index in [0.717, 1.165) is 44.6 Å². The Hall–Kier alpha value is -1.60. The SMILES string of the molecule is CCNCC1CCN(C(=O)c2ccc(N3CCCS3(=O)=O)cc2C)CC1. The Morgan fingerprint density at radius 3 is 2.54 bits per heavy atom. The number of amides is 1. The Bertz CT molecular complexity index is 755. The van der Waals surface area contributed by atoms with Crippen LogP contribution in [0.3, 0.4) is 0 Å². The minimum atomic E-state index is -3.19. The number of carbonyl (C=O) groups is 1. The summed E-state index contributed by atoms with van der Waals surface area (Å²) in [4.78, 5) is 14.8. The van der Waals surface area contributed by atoms with Crippen molar-refractivity contribution in [2.75, 3.05) is 42.8 Å². The summed E-state index contributed by atoms with van der Waals surface area (Å²) in [7, 11) is -3.19. The molecule has 0 saturated carbocycles. The number of hydrogen-bond donors (Lipinski definition) is 1. The lowest BCUT2D eigenvalue weighted by molar-refractivity contribution is 0.0689. The van der Waals surface area contributed by atoms with E-state index in [2.05, 4.69) is 12.2 Å². The lowest BCUT2D eigenvalue weighted by Crippen LogP contribution is -2.41. The van der Waals surface area contributed by atoms with Crippen molar-refractivity contribution < 1.29 is 13.2 Å². The molecule has 2 saturated heterocycles. The summed E-state index contributed by atoms with van der Waals surface area (Å²) in [6.07, 6.45) is 2.72. The molecule has 144 valence electrons. The Labute approximate surface area is 156 Å². The van der Waals surface area contributed by atoms with Gasteiger partial charge in [-0.1, -0.05) is 6.92 Å². The molecule has 1 aromatic carbocycles. The summed E-state index contributed by atoms with van der Waals surface area (Å²) in [5, 5.41) is 3.39. The fourth-order valence-electron chi connectivity index (χ4n) is 3.83. The molecule has 7 heteroatoms. The molecule has 2 aliphatic rings. The highest BCUT2D eigenvalue weighted by molar-refractivity contribution is 7.93. The van der Waals surface area contributed by atoms with Gasteiger partial charge in [-0.3, -0.25) is 9.10 Å². The first-order valence-electron chi connectivity index (χ1n) is 9.53. The normalized spacial score (nSPS) is 20.5. The molecular weight excluding hydrogens is 350 g/mol. The van der Waals surface area contributed by atoms with Gasteiger partial charge in [0.25, 0.3) is 5.91 Å². The molecule has 1 aromatic rings. The second kappa shape index (κ2) is 7.96. The van der Waals surface area contributed by atoms with E-state index in [-0.39, 0.29) is 11.7 Å². The summed E-state index contributed by atoms with van der Waals surface area (Å²) in [5.74, 6) is 0.900. The number of carbonyl (C=O) groups excluding carboxylic acids is 1. The maximum atomic E-state index is 12.9. The first-order valence-corrected chi connectivity index (χ1v) is 11.1. The molecule has 2 heterocycles. The van der Waals surface area contributed by atoms with Gasteiger partial charge in [-0.25, -0.2) is 8.42 Å². The van der Waals surface area contributed by atoms with E-state index in [4.69, 9.17) is 0 Å². The van der Waals surface area contributed by atoms with E-state index in [9.17, 15) is 13.2 Å². The molecule has 0 atom stereocenters. The summed E-state index contributed by atoms with van der Waals surface area (Å²) in [6.45, 7) is 8.10. The van der Waals surface area contributed by atoms with Crippen LogP contribution in [0.2, 0.25) is 0 Å². The number of nitrogens with one attached hydrogen (secondary N) is 1. The topological polar surface area (TPSA) is 69.7 Å². The van der Waals surface area contributed by atoms with Crippen molar-refractivity contribution in [3.8, 4) is 0 Å². The molecule has 0 unspecified atom stereocenters. The van der Waals surface area contributed by atoms with Crippen LogP contribution in [0.1, 0.15) is 42.1 Å². The van der Waals surface area contributed by atoms with Crippen molar-refractivity contribution in [1.82, 2.24) is 10.2 Å². The van der Waals surface area contributed by atoms with Crippen LogP contribution in [0.15, 0.2) is 18.2 Å². The van der Waals surface area contributed by atoms with Crippen molar-refractivity contribution in [2.24, 2.45) is 5.92 Å². The largest absolute Gasteiger partial charge is 0.339 e. The highest BCUT2D eigenvalue weighted by Crippen LogP contribution is 2.27. The number of rotatable bonds is 5. The highest BCUT2D eigenvalue weighted by Gasteiger charge is 2.29. The molecule has 2 aliphatic heterocycles. The molecule has 26 heavy (non-hydrogen) atoms. The molecule has 2 fully saturated rings. The molecule has 0 aromatic heterocycles. The standard InChI is InChI=1S/C19H29N3O3S/c1-3-20-14-16-7-10-21(11-8-16)19(23)18-6-5-17(13-15(18)2)22-9-4-12-26(22,24)25/h5-6,13,16,20H,3-4,7-12,14H2,1-2H3. The van der Waals surface area contributed by atoms with E-state index in [0.29, 0.717) is 30.1 Å². The molecular formula is C19H29N3O3S. The van der Waals surface area contributed by atoms with E-state index in [1.807, 2.05) is 17.9 Å². The molecule has 1 amide bonds. The van der Waals surface area contributed by atoms with Gasteiger partial charge in [0.05, 0.1) is 11.4 Å². The molecule has 3 rings (SSSR count). The van der Waals surface area contributed by atoms with E-state index in [1.54, 1.807) is 12.1 Å². The van der Waals surface area contributed by atoms with Crippen molar-refractivity contribution in [1.29, 1.82) is 0 Å². The fraction of sp³-hybridized carbons (Fsp3) is 0.632. The van der Waals surface area contributed by atoms with Gasteiger partial charge in [0.15, 0.2) is 0 Å². The number of benzene rings is 1. The molecule has 1 N–H and O–H groups in total. The minimum Gasteiger partial charge on any atom is -0.339 e. The maximum absolute atomic E-state index is 12.9. The van der Waals surface area contributed by atoms with Crippen LogP contribution in [-0.4, -0.2) is 57.7 Å². The van der Waals surface area contributed by atoms with Gasteiger partial charge in [0, 0.05) is 25.2 Å². The van der Waals surface area contributed by atoms with Crippen molar-refractivity contribution in [3.05, 3.63) is 29.3 Å². The summed E-state index contributed by atoms with van der Waals surface area (Å²) in [5.41, 5.74) is 2.18. The number of aryl methyl sites for hydroxylation is 1. The molecule has 0 bridgehead atoms. The van der Waals surface area contributed by atoms with E-state index in [1.165, 1.54) is 4.31 Å². The highest BCUT2D eigenvalue weighted by atomic mass is 32.2. The molecule has 6 nitrogen and oxygen atoms in total. The van der Waals surface area contributed by atoms with Crippen LogP contribution in [0.4, 0.5) is 5.69 Å². The minimum absolute atomic E-state index is 0.0558. The van der Waals surface area contributed by atoms with Crippen LogP contribution in [-0.2, 0) is 10.0 Å². The summed E-state index contributed by atoms with van der Waals surface area (Å²) >= 11 is 0. The Morgan fingerprint density at radius 2 is 1.96 bits per heavy atom. The van der Waals surface area contributed by atoms with Gasteiger partial charge >= 0.3 is 0 Å². The number of likely N-dealkylation sites (tertiary alicyclic amines) is 1. The van der Waals surface area contributed by atoms with Crippen LogP contribution in [0.25, 0.3) is 0 Å². The Morgan fingerprint density at radius 1 is 1.23 bits per heavy atom. The number of nitrogens with zero attached hydrogens (tertiary/aromatic N) is 2. The second-order valence-electron chi connectivity index (χ2n) is 7.28. The summed E-state index contributed by atoms with van der Waals surface area (Å²) < 4.78 is 25.6. The predicted octanol–water partition coefficient (Wildman–Crippen LogP) is 2.00. The Balaban J connectivity index is 1.67. The third kappa shape index (κ3) is 4.04. The van der Waals surface area contributed by atoms with Crippen molar-refractivity contribution in [2.45, 2.75) is 33.1 Å². The first-order chi connectivity index (χ1) is 12.4. The Kier molecular flexibility index (Phi) is 5.87. The third-order valence-electron chi connectivity index (χ3n) is 5.41. The predicted molar refractivity (Wildman–Crippen MR) is 104 cm³/mol. The lowest BCUT2D eigenvalue weighted by atomic mass is 9.95. The average Bonchev–Trinajstić information content (AvgIpc) is 2.99. The average molecular weight is 380 g/mol. The zero-order chi connectivity index (χ0) is 18.7. The molecule has 0 aliphatic carbocycles. The fourth-order valence-corrected chi connectivity index (χ4v) is 5.39. The van der Waals surface area contributed by atoms with Gasteiger partial charge in [-0.05, 0) is 69.0 Å². The molecule has 0 radical (unpaired) electrons. The maximum Gasteiger partial charge on any atom is 0.254 e. The van der Waals surface area contributed by atoms with E-state index >= 15 is 0 Å². The van der Waals surface area contributed by atoms with Gasteiger partial charge in [0.2, 0.25) is 10.0 Å². The number of anilines is 1. The number of sulfonamides is 1. The van der Waals surface area contributed by atoms with Crippen molar-refractivity contribution >= 4 is 21.6 Å². The van der Waals surface area contributed by atoms with E-state index < -0.39 is 10.0 Å². The second-order valence-corrected chi connectivity index (χ2v) is 9.30. The van der Waals surface area contributed by atoms with Crippen LogP contribution < -0.4 is 9.62 Å².